The van der Waals surface area contributed by atoms with Crippen molar-refractivity contribution in [1.82, 2.24) is 10.2 Å². The van der Waals surface area contributed by atoms with Crippen molar-refractivity contribution in [3.63, 3.8) is 0 Å². The molecular formula is C21H19N3O4. The van der Waals surface area contributed by atoms with E-state index in [-0.39, 0.29) is 12.5 Å². The van der Waals surface area contributed by atoms with E-state index in [1.165, 1.54) is 4.90 Å². The minimum absolute atomic E-state index is 0.135. The Kier molecular flexibility index (Phi) is 4.40. The molecule has 0 spiro atoms. The molecule has 0 bridgehead atoms. The molecule has 3 amide bonds. The van der Waals surface area contributed by atoms with Crippen LogP contribution in [0.2, 0.25) is 0 Å². The number of hydrogen-bond acceptors (Lipinski definition) is 5. The number of hydrogen-bond donors (Lipinski definition) is 1. The van der Waals surface area contributed by atoms with Gasteiger partial charge < -0.3 is 14.8 Å². The van der Waals surface area contributed by atoms with Gasteiger partial charge in [-0.15, -0.1) is 0 Å². The van der Waals surface area contributed by atoms with Crippen LogP contribution in [0.25, 0.3) is 0 Å². The van der Waals surface area contributed by atoms with Crippen LogP contribution < -0.4 is 14.8 Å². The molecule has 2 aromatic rings. The first-order valence-electron chi connectivity index (χ1n) is 9.04. The van der Waals surface area contributed by atoms with Gasteiger partial charge in [-0.2, -0.15) is 5.26 Å². The first-order chi connectivity index (χ1) is 13.5. The smallest absolute Gasteiger partial charge is 0.325 e. The maximum absolute atomic E-state index is 13.1. The fraction of sp³-hybridized carbons (Fsp3) is 0.286. The number of nitrogens with one attached hydrogen (secondary N) is 1. The van der Waals surface area contributed by atoms with Crippen LogP contribution in [-0.2, 0) is 16.9 Å². The summed E-state index contributed by atoms with van der Waals surface area (Å²) in [6.45, 7) is 2.94. The SMILES string of the molecule is CC1(c2ccc3c(c2)OCCCO3)NC(=O)N(Cc2ccc(C#N)cc2)C1=O. The van der Waals surface area contributed by atoms with Crippen molar-refractivity contribution in [3.05, 3.63) is 59.2 Å². The molecule has 2 aromatic carbocycles. The molecule has 0 saturated carbocycles. The Morgan fingerprint density at radius 3 is 2.54 bits per heavy atom. The van der Waals surface area contributed by atoms with E-state index in [1.54, 1.807) is 49.4 Å². The van der Waals surface area contributed by atoms with Gasteiger partial charge >= 0.3 is 6.03 Å². The number of carbonyl (C=O) groups is 2. The molecule has 7 heteroatoms. The second-order valence-corrected chi connectivity index (χ2v) is 6.97. The van der Waals surface area contributed by atoms with Crippen LogP contribution in [0.15, 0.2) is 42.5 Å². The van der Waals surface area contributed by atoms with Crippen molar-refractivity contribution in [1.29, 1.82) is 5.26 Å². The molecule has 0 radical (unpaired) electrons. The first kappa shape index (κ1) is 17.9. The Hall–Kier alpha value is -3.53. The number of ether oxygens (including phenoxy) is 2. The third-order valence-corrected chi connectivity index (χ3v) is 5.02. The summed E-state index contributed by atoms with van der Waals surface area (Å²) in [6, 6.07) is 13.7. The minimum atomic E-state index is -1.19. The number of imide groups is 1. The highest BCUT2D eigenvalue weighted by Crippen LogP contribution is 2.37. The number of urea groups is 1. The fourth-order valence-corrected chi connectivity index (χ4v) is 3.38. The van der Waals surface area contributed by atoms with Crippen molar-refractivity contribution in [3.8, 4) is 17.6 Å². The molecule has 7 nitrogen and oxygen atoms in total. The van der Waals surface area contributed by atoms with E-state index in [0.29, 0.717) is 35.8 Å². The molecule has 1 unspecified atom stereocenters. The first-order valence-corrected chi connectivity index (χ1v) is 9.04. The second-order valence-electron chi connectivity index (χ2n) is 6.97. The maximum atomic E-state index is 13.1. The van der Waals surface area contributed by atoms with Gasteiger partial charge in [-0.25, -0.2) is 4.79 Å². The lowest BCUT2D eigenvalue weighted by Crippen LogP contribution is -2.40. The van der Waals surface area contributed by atoms with Crippen molar-refractivity contribution in [2.75, 3.05) is 13.2 Å². The molecule has 1 fully saturated rings. The van der Waals surface area contributed by atoms with Crippen LogP contribution >= 0.6 is 0 Å². The molecule has 28 heavy (non-hydrogen) atoms. The summed E-state index contributed by atoms with van der Waals surface area (Å²) in [5, 5.41) is 11.7. The Morgan fingerprint density at radius 2 is 1.82 bits per heavy atom. The van der Waals surface area contributed by atoms with Gasteiger partial charge in [0.15, 0.2) is 11.5 Å². The van der Waals surface area contributed by atoms with Crippen LogP contribution in [0.4, 0.5) is 4.79 Å². The van der Waals surface area contributed by atoms with Crippen molar-refractivity contribution in [2.24, 2.45) is 0 Å². The number of fused-ring (bicyclic) bond motifs is 1. The van der Waals surface area contributed by atoms with E-state index in [0.717, 1.165) is 12.0 Å². The molecule has 0 aliphatic carbocycles. The third kappa shape index (κ3) is 3.03. The molecule has 1 saturated heterocycles. The van der Waals surface area contributed by atoms with Gasteiger partial charge in [0.05, 0.1) is 31.4 Å². The molecule has 4 rings (SSSR count). The Bertz CT molecular complexity index is 980. The summed E-state index contributed by atoms with van der Waals surface area (Å²) in [4.78, 5) is 26.8. The number of benzene rings is 2. The Labute approximate surface area is 162 Å². The lowest BCUT2D eigenvalue weighted by molar-refractivity contribution is -0.131. The number of rotatable bonds is 3. The molecule has 1 N–H and O–H groups in total. The van der Waals surface area contributed by atoms with Gasteiger partial charge in [-0.1, -0.05) is 18.2 Å². The van der Waals surface area contributed by atoms with Gasteiger partial charge in [0.2, 0.25) is 0 Å². The summed E-state index contributed by atoms with van der Waals surface area (Å²) in [6.07, 6.45) is 0.787. The van der Waals surface area contributed by atoms with E-state index in [9.17, 15) is 9.59 Å². The number of amides is 3. The number of nitrogens with zero attached hydrogens (tertiary/aromatic N) is 2. The molecule has 2 aliphatic heterocycles. The van der Waals surface area contributed by atoms with E-state index in [4.69, 9.17) is 14.7 Å². The average molecular weight is 377 g/mol. The van der Waals surface area contributed by atoms with Crippen molar-refractivity contribution >= 4 is 11.9 Å². The lowest BCUT2D eigenvalue weighted by Gasteiger charge is -2.23. The van der Waals surface area contributed by atoms with E-state index >= 15 is 0 Å². The quantitative estimate of drug-likeness (QED) is 0.831. The predicted molar refractivity (Wildman–Crippen MR) is 99.6 cm³/mol. The van der Waals surface area contributed by atoms with Crippen LogP contribution in [0.3, 0.4) is 0 Å². The topological polar surface area (TPSA) is 91.7 Å². The normalized spacial score (nSPS) is 21.1. The Morgan fingerprint density at radius 1 is 1.11 bits per heavy atom. The molecule has 0 aromatic heterocycles. The highest BCUT2D eigenvalue weighted by Gasteiger charge is 2.49. The van der Waals surface area contributed by atoms with E-state index < -0.39 is 11.6 Å². The van der Waals surface area contributed by atoms with Gasteiger partial charge in [0.1, 0.15) is 5.54 Å². The minimum Gasteiger partial charge on any atom is -0.490 e. The van der Waals surface area contributed by atoms with Crippen molar-refractivity contribution < 1.29 is 19.1 Å². The van der Waals surface area contributed by atoms with Crippen LogP contribution in [0.1, 0.15) is 30.0 Å². The van der Waals surface area contributed by atoms with E-state index in [2.05, 4.69) is 5.32 Å². The van der Waals surface area contributed by atoms with Crippen LogP contribution in [-0.4, -0.2) is 30.1 Å². The lowest BCUT2D eigenvalue weighted by atomic mass is 9.91. The molecular weight excluding hydrogens is 358 g/mol. The highest BCUT2D eigenvalue weighted by atomic mass is 16.5. The largest absolute Gasteiger partial charge is 0.490 e. The summed E-state index contributed by atoms with van der Waals surface area (Å²) < 4.78 is 11.3. The summed E-state index contributed by atoms with van der Waals surface area (Å²) in [5.74, 6) is 0.872. The average Bonchev–Trinajstić information content (AvgIpc) is 2.88. The van der Waals surface area contributed by atoms with Gasteiger partial charge in [0, 0.05) is 6.42 Å². The van der Waals surface area contributed by atoms with Crippen LogP contribution in [0.5, 0.6) is 11.5 Å². The zero-order chi connectivity index (χ0) is 19.7. The predicted octanol–water partition coefficient (Wildman–Crippen LogP) is 2.69. The van der Waals surface area contributed by atoms with Gasteiger partial charge in [-0.3, -0.25) is 9.69 Å². The summed E-state index contributed by atoms with van der Waals surface area (Å²) >= 11 is 0. The summed E-state index contributed by atoms with van der Waals surface area (Å²) in [7, 11) is 0. The van der Waals surface area contributed by atoms with Gasteiger partial charge in [0.25, 0.3) is 5.91 Å². The standard InChI is InChI=1S/C21H19N3O4/c1-21(16-7-8-17-18(11-16)28-10-2-9-27-17)19(25)24(20(26)23-21)13-15-5-3-14(12-22)4-6-15/h3-8,11H,2,9-10,13H2,1H3,(H,23,26). The van der Waals surface area contributed by atoms with Crippen molar-refractivity contribution in [2.45, 2.75) is 25.4 Å². The highest BCUT2D eigenvalue weighted by molar-refractivity contribution is 6.07. The fourth-order valence-electron chi connectivity index (χ4n) is 3.38. The monoisotopic (exact) mass is 377 g/mol. The second kappa shape index (κ2) is 6.89. The van der Waals surface area contributed by atoms with Gasteiger partial charge in [-0.05, 0) is 42.3 Å². The molecule has 1 atom stereocenters. The Balaban J connectivity index is 1.60. The maximum Gasteiger partial charge on any atom is 0.325 e. The zero-order valence-electron chi connectivity index (χ0n) is 15.4. The van der Waals surface area contributed by atoms with Crippen LogP contribution in [0, 0.1) is 11.3 Å². The summed E-state index contributed by atoms with van der Waals surface area (Å²) in [5.41, 5.74) is 0.745. The van der Waals surface area contributed by atoms with E-state index in [1.807, 2.05) is 6.07 Å². The molecule has 142 valence electrons. The zero-order valence-corrected chi connectivity index (χ0v) is 15.4. The number of nitriles is 1. The third-order valence-electron chi connectivity index (χ3n) is 5.02. The molecule has 2 aliphatic rings. The number of carbonyl (C=O) groups excluding carboxylic acids is 2. The molecule has 2 heterocycles.